The first-order valence-electron chi connectivity index (χ1n) is 41.8. The lowest BCUT2D eigenvalue weighted by Gasteiger charge is -2.21. The zero-order valence-corrected chi connectivity index (χ0v) is 67.6. The van der Waals surface area contributed by atoms with Crippen molar-refractivity contribution < 1.29 is 80.2 Å². The highest BCUT2D eigenvalue weighted by atomic mass is 31.2. The number of carbonyl (C=O) groups excluding carboxylic acids is 4. The molecule has 0 aromatic heterocycles. The van der Waals surface area contributed by atoms with Crippen molar-refractivity contribution in [2.45, 2.75) is 433 Å². The van der Waals surface area contributed by atoms with E-state index >= 15 is 0 Å². The number of unbranched alkanes of at least 4 members (excludes halogenated alkanes) is 42. The van der Waals surface area contributed by atoms with Gasteiger partial charge in [-0.3, -0.25) is 37.3 Å². The van der Waals surface area contributed by atoms with E-state index in [0.717, 1.165) is 114 Å². The van der Waals surface area contributed by atoms with Crippen LogP contribution in [0.1, 0.15) is 415 Å². The largest absolute Gasteiger partial charge is 0.472 e. The molecule has 0 aliphatic carbocycles. The third-order valence-corrected chi connectivity index (χ3v) is 21.4. The molecule has 0 heterocycles. The predicted octanol–water partition coefficient (Wildman–Crippen LogP) is 24.0. The number of aliphatic hydroxyl groups is 1. The quantitative estimate of drug-likeness (QED) is 0.0222. The zero-order chi connectivity index (χ0) is 73.8. The van der Waals surface area contributed by atoms with Crippen LogP contribution in [0.2, 0.25) is 0 Å². The highest BCUT2D eigenvalue weighted by Crippen LogP contribution is 2.45. The molecule has 0 fully saturated rings. The normalized spacial score (nSPS) is 14.6. The number of esters is 4. The van der Waals surface area contributed by atoms with Crippen LogP contribution in [0.4, 0.5) is 0 Å². The Morgan fingerprint density at radius 3 is 0.710 bits per heavy atom. The molecular weight excluding hydrogens is 1310 g/mol. The summed E-state index contributed by atoms with van der Waals surface area (Å²) >= 11 is 0. The zero-order valence-electron chi connectivity index (χ0n) is 65.8. The van der Waals surface area contributed by atoms with Gasteiger partial charge in [0.15, 0.2) is 12.2 Å². The van der Waals surface area contributed by atoms with E-state index in [4.69, 9.17) is 37.0 Å². The van der Waals surface area contributed by atoms with Crippen LogP contribution in [0, 0.1) is 23.7 Å². The van der Waals surface area contributed by atoms with Gasteiger partial charge in [0, 0.05) is 25.7 Å². The Hall–Kier alpha value is -1.94. The van der Waals surface area contributed by atoms with E-state index in [1.807, 2.05) is 0 Å². The molecule has 3 N–H and O–H groups in total. The fraction of sp³-hybridized carbons (Fsp3) is 0.951. The smallest absolute Gasteiger partial charge is 0.462 e. The summed E-state index contributed by atoms with van der Waals surface area (Å²) in [5.41, 5.74) is 0. The van der Waals surface area contributed by atoms with E-state index in [0.29, 0.717) is 25.7 Å². The number of hydrogen-bond acceptors (Lipinski definition) is 15. The second-order valence-electron chi connectivity index (χ2n) is 30.6. The highest BCUT2D eigenvalue weighted by molar-refractivity contribution is 7.47. The summed E-state index contributed by atoms with van der Waals surface area (Å²) in [4.78, 5) is 73.0. The Kier molecular flexibility index (Phi) is 68.7. The third-order valence-electron chi connectivity index (χ3n) is 19.5. The first-order chi connectivity index (χ1) is 48.2. The first kappa shape index (κ1) is 98.1. The lowest BCUT2D eigenvalue weighted by atomic mass is 9.99. The lowest BCUT2D eigenvalue weighted by molar-refractivity contribution is -0.161. The van der Waals surface area contributed by atoms with Crippen molar-refractivity contribution in [3.63, 3.8) is 0 Å². The molecular formula is C81H158O17P2. The van der Waals surface area contributed by atoms with Gasteiger partial charge in [-0.05, 0) is 49.4 Å². The molecule has 0 rings (SSSR count). The maximum absolute atomic E-state index is 13.1. The standard InChI is InChI=1S/C81H158O17P2/c1-9-73(7)59-51-43-35-26-22-17-15-13-11-12-14-16-18-24-28-39-47-55-63-80(85)97-76(67-91-78(83)61-53-45-37-27-23-20-19-21-25-33-41-49-57-71(3)4)69-95-99(87,88)93-65-75(82)66-94-100(89,90)96-70-77(68-92-79(84)62-54-46-38-31-29-34-42-50-58-72(5)6)98-81(86)64-56-48-40-32-30-36-44-52-60-74(8)10-2/h71-77,82H,9-70H2,1-8H3,(H,87,88)(H,89,90)/t73?,74?,75?,76-,77-/m1/s1. The molecule has 0 saturated carbocycles. The fourth-order valence-electron chi connectivity index (χ4n) is 12.4. The van der Waals surface area contributed by atoms with E-state index in [9.17, 15) is 43.2 Å². The van der Waals surface area contributed by atoms with Crippen molar-refractivity contribution >= 4 is 39.5 Å². The van der Waals surface area contributed by atoms with Crippen molar-refractivity contribution in [2.24, 2.45) is 23.7 Å². The molecule has 0 radical (unpaired) electrons. The molecule has 0 aliphatic heterocycles. The van der Waals surface area contributed by atoms with Gasteiger partial charge in [-0.2, -0.15) is 0 Å². The van der Waals surface area contributed by atoms with Gasteiger partial charge in [0.05, 0.1) is 26.4 Å². The Labute approximate surface area is 613 Å². The maximum Gasteiger partial charge on any atom is 0.472 e. The van der Waals surface area contributed by atoms with Gasteiger partial charge in [0.1, 0.15) is 19.3 Å². The van der Waals surface area contributed by atoms with Gasteiger partial charge < -0.3 is 33.8 Å². The molecule has 594 valence electrons. The molecule has 17 nitrogen and oxygen atoms in total. The van der Waals surface area contributed by atoms with Crippen LogP contribution in [0.3, 0.4) is 0 Å². The van der Waals surface area contributed by atoms with Crippen LogP contribution in [0.25, 0.3) is 0 Å². The number of hydrogen-bond donors (Lipinski definition) is 3. The molecule has 19 heteroatoms. The molecule has 0 aliphatic rings. The average Bonchev–Trinajstić information content (AvgIpc) is 0.920. The highest BCUT2D eigenvalue weighted by Gasteiger charge is 2.30. The Morgan fingerprint density at radius 2 is 0.480 bits per heavy atom. The second-order valence-corrected chi connectivity index (χ2v) is 33.5. The summed E-state index contributed by atoms with van der Waals surface area (Å²) < 4.78 is 68.7. The SMILES string of the molecule is CCC(C)CCCCCCCCCCCCCCCCCCCCC(=O)O[C@H](COC(=O)CCCCCCCCCCCCCCC(C)C)COP(=O)(O)OCC(O)COP(=O)(O)OC[C@@H](COC(=O)CCCCCCCCCCC(C)C)OC(=O)CCCCCCCCCCC(C)CC. The van der Waals surface area contributed by atoms with Crippen molar-refractivity contribution in [3.8, 4) is 0 Å². The van der Waals surface area contributed by atoms with Crippen LogP contribution in [0.15, 0.2) is 0 Å². The van der Waals surface area contributed by atoms with E-state index < -0.39 is 97.5 Å². The Morgan fingerprint density at radius 1 is 0.280 bits per heavy atom. The number of phosphoric acid groups is 2. The number of carbonyl (C=O) groups is 4. The van der Waals surface area contributed by atoms with Gasteiger partial charge >= 0.3 is 39.5 Å². The van der Waals surface area contributed by atoms with E-state index in [1.165, 1.54) is 218 Å². The minimum atomic E-state index is -4.96. The molecule has 0 aromatic rings. The van der Waals surface area contributed by atoms with Crippen molar-refractivity contribution in [1.82, 2.24) is 0 Å². The number of aliphatic hydroxyl groups excluding tert-OH is 1. The van der Waals surface area contributed by atoms with E-state index in [-0.39, 0.29) is 25.7 Å². The fourth-order valence-corrected chi connectivity index (χ4v) is 13.9. The lowest BCUT2D eigenvalue weighted by Crippen LogP contribution is -2.30. The second kappa shape index (κ2) is 70.1. The topological polar surface area (TPSA) is 237 Å². The number of ether oxygens (including phenoxy) is 4. The molecule has 0 saturated heterocycles. The molecule has 7 atom stereocenters. The maximum atomic E-state index is 13.1. The van der Waals surface area contributed by atoms with Gasteiger partial charge in [-0.25, -0.2) is 9.13 Å². The number of phosphoric ester groups is 2. The van der Waals surface area contributed by atoms with Crippen molar-refractivity contribution in [1.29, 1.82) is 0 Å². The first-order valence-corrected chi connectivity index (χ1v) is 44.8. The summed E-state index contributed by atoms with van der Waals surface area (Å²) in [6.45, 7) is 14.3. The van der Waals surface area contributed by atoms with Crippen LogP contribution in [-0.4, -0.2) is 96.7 Å². The van der Waals surface area contributed by atoms with Crippen molar-refractivity contribution in [2.75, 3.05) is 39.6 Å². The summed E-state index contributed by atoms with van der Waals surface area (Å²) in [6, 6.07) is 0. The van der Waals surface area contributed by atoms with Crippen LogP contribution >= 0.6 is 15.6 Å². The van der Waals surface area contributed by atoms with Gasteiger partial charge in [0.25, 0.3) is 0 Å². The molecule has 0 amide bonds. The van der Waals surface area contributed by atoms with E-state index in [2.05, 4.69) is 55.4 Å². The Bertz CT molecular complexity index is 1960. The molecule has 0 bridgehead atoms. The summed E-state index contributed by atoms with van der Waals surface area (Å²) in [5, 5.41) is 10.6. The minimum absolute atomic E-state index is 0.104. The van der Waals surface area contributed by atoms with Crippen LogP contribution in [-0.2, 0) is 65.4 Å². The molecule has 0 aromatic carbocycles. The van der Waals surface area contributed by atoms with Gasteiger partial charge in [-0.15, -0.1) is 0 Å². The Balaban J connectivity index is 5.22. The van der Waals surface area contributed by atoms with Crippen molar-refractivity contribution in [3.05, 3.63) is 0 Å². The minimum Gasteiger partial charge on any atom is -0.462 e. The number of rotatable bonds is 78. The van der Waals surface area contributed by atoms with Gasteiger partial charge in [-0.1, -0.05) is 364 Å². The molecule has 0 spiro atoms. The van der Waals surface area contributed by atoms with E-state index in [1.54, 1.807) is 0 Å². The summed E-state index contributed by atoms with van der Waals surface area (Å²) in [7, 11) is -9.92. The summed E-state index contributed by atoms with van der Waals surface area (Å²) in [6.07, 6.45) is 56.9. The molecule has 100 heavy (non-hydrogen) atoms. The third kappa shape index (κ3) is 71.7. The van der Waals surface area contributed by atoms with Crippen LogP contribution < -0.4 is 0 Å². The molecule has 5 unspecified atom stereocenters. The summed E-state index contributed by atoms with van der Waals surface area (Å²) in [5.74, 6) is 1.03. The average molecular weight is 1470 g/mol. The predicted molar refractivity (Wildman–Crippen MR) is 409 cm³/mol. The van der Waals surface area contributed by atoms with Crippen LogP contribution in [0.5, 0.6) is 0 Å². The van der Waals surface area contributed by atoms with Gasteiger partial charge in [0.2, 0.25) is 0 Å². The monoisotopic (exact) mass is 1470 g/mol.